The lowest BCUT2D eigenvalue weighted by molar-refractivity contribution is 0.200. The number of piperazine rings is 1. The molecule has 0 aliphatic carbocycles. The molecule has 2 aromatic rings. The third-order valence-corrected chi connectivity index (χ3v) is 4.29. The van der Waals surface area contributed by atoms with Gasteiger partial charge in [-0.05, 0) is 36.4 Å². The van der Waals surface area contributed by atoms with E-state index in [1.54, 1.807) is 19.2 Å². The van der Waals surface area contributed by atoms with Gasteiger partial charge in [0.1, 0.15) is 23.9 Å². The molecule has 0 bridgehead atoms. The molecule has 0 aromatic heterocycles. The number of anilines is 1. The molecule has 0 N–H and O–H groups in total. The van der Waals surface area contributed by atoms with Gasteiger partial charge in [-0.3, -0.25) is 4.90 Å². The van der Waals surface area contributed by atoms with Crippen molar-refractivity contribution in [2.75, 3.05) is 51.3 Å². The summed E-state index contributed by atoms with van der Waals surface area (Å²) in [6.07, 6.45) is 0. The first-order chi connectivity index (χ1) is 11.8. The average molecular weight is 330 g/mol. The molecule has 3 rings (SSSR count). The van der Waals surface area contributed by atoms with E-state index in [4.69, 9.17) is 9.47 Å². The van der Waals surface area contributed by atoms with Gasteiger partial charge >= 0.3 is 0 Å². The van der Waals surface area contributed by atoms with Crippen LogP contribution in [-0.4, -0.2) is 51.3 Å². The van der Waals surface area contributed by atoms with Crippen LogP contribution in [0.25, 0.3) is 0 Å². The Morgan fingerprint density at radius 1 is 0.958 bits per heavy atom. The third-order valence-electron chi connectivity index (χ3n) is 4.29. The second-order valence-electron chi connectivity index (χ2n) is 5.80. The maximum atomic E-state index is 12.9. The number of hydrogen-bond acceptors (Lipinski definition) is 4. The van der Waals surface area contributed by atoms with Crippen molar-refractivity contribution in [2.45, 2.75) is 0 Å². The van der Waals surface area contributed by atoms with E-state index >= 15 is 0 Å². The van der Waals surface area contributed by atoms with Crippen LogP contribution in [0.4, 0.5) is 10.1 Å². The van der Waals surface area contributed by atoms with Gasteiger partial charge in [-0.25, -0.2) is 4.39 Å². The van der Waals surface area contributed by atoms with Crippen LogP contribution >= 0.6 is 0 Å². The maximum Gasteiger partial charge on any atom is 0.142 e. The lowest BCUT2D eigenvalue weighted by Gasteiger charge is -2.36. The molecule has 0 amide bonds. The second-order valence-corrected chi connectivity index (χ2v) is 5.80. The summed E-state index contributed by atoms with van der Waals surface area (Å²) in [5.41, 5.74) is 1.15. The fourth-order valence-electron chi connectivity index (χ4n) is 2.93. The van der Waals surface area contributed by atoms with Crippen molar-refractivity contribution >= 4 is 5.69 Å². The Bertz CT molecular complexity index is 640. The van der Waals surface area contributed by atoms with Crippen molar-refractivity contribution in [2.24, 2.45) is 0 Å². The van der Waals surface area contributed by atoms with Crippen LogP contribution in [0.5, 0.6) is 11.5 Å². The van der Waals surface area contributed by atoms with E-state index in [9.17, 15) is 4.39 Å². The number of ether oxygens (including phenoxy) is 2. The summed E-state index contributed by atoms with van der Waals surface area (Å²) in [6, 6.07) is 14.3. The van der Waals surface area contributed by atoms with Crippen molar-refractivity contribution < 1.29 is 13.9 Å². The zero-order valence-corrected chi connectivity index (χ0v) is 14.0. The first-order valence-electron chi connectivity index (χ1n) is 8.25. The molecule has 128 valence electrons. The van der Waals surface area contributed by atoms with Gasteiger partial charge in [-0.1, -0.05) is 12.1 Å². The first kappa shape index (κ1) is 16.6. The molecule has 4 nitrogen and oxygen atoms in total. The van der Waals surface area contributed by atoms with Gasteiger partial charge in [0.2, 0.25) is 0 Å². The van der Waals surface area contributed by atoms with Crippen molar-refractivity contribution in [3.8, 4) is 11.5 Å². The Kier molecular flexibility index (Phi) is 5.54. The van der Waals surface area contributed by atoms with Crippen molar-refractivity contribution in [3.63, 3.8) is 0 Å². The summed E-state index contributed by atoms with van der Waals surface area (Å²) in [7, 11) is 1.71. The van der Waals surface area contributed by atoms with Crippen LogP contribution < -0.4 is 14.4 Å². The number of benzene rings is 2. The van der Waals surface area contributed by atoms with Crippen LogP contribution in [-0.2, 0) is 0 Å². The third kappa shape index (κ3) is 4.17. The van der Waals surface area contributed by atoms with Gasteiger partial charge in [0.05, 0.1) is 12.8 Å². The summed E-state index contributed by atoms with van der Waals surface area (Å²) in [6.45, 7) is 5.40. The van der Waals surface area contributed by atoms with Crippen molar-refractivity contribution in [1.82, 2.24) is 4.90 Å². The molecule has 0 atom stereocenters. The number of rotatable bonds is 6. The number of para-hydroxylation sites is 2. The smallest absolute Gasteiger partial charge is 0.142 e. The lowest BCUT2D eigenvalue weighted by atomic mass is 10.2. The van der Waals surface area contributed by atoms with Crippen LogP contribution in [0.2, 0.25) is 0 Å². The number of hydrogen-bond donors (Lipinski definition) is 0. The van der Waals surface area contributed by atoms with E-state index in [-0.39, 0.29) is 5.82 Å². The van der Waals surface area contributed by atoms with Crippen molar-refractivity contribution in [3.05, 3.63) is 54.3 Å². The number of methoxy groups -OCH3 is 1. The van der Waals surface area contributed by atoms with Gasteiger partial charge in [0.25, 0.3) is 0 Å². The predicted octanol–water partition coefficient (Wildman–Crippen LogP) is 3.04. The van der Waals surface area contributed by atoms with Crippen LogP contribution in [0.1, 0.15) is 0 Å². The lowest BCUT2D eigenvalue weighted by Crippen LogP contribution is -2.47. The van der Waals surface area contributed by atoms with Gasteiger partial charge < -0.3 is 14.4 Å². The molecule has 0 saturated carbocycles. The van der Waals surface area contributed by atoms with E-state index in [1.807, 2.05) is 18.2 Å². The molecule has 1 heterocycles. The van der Waals surface area contributed by atoms with Crippen LogP contribution in [0.3, 0.4) is 0 Å². The molecule has 5 heteroatoms. The van der Waals surface area contributed by atoms with E-state index in [0.717, 1.165) is 44.2 Å². The minimum absolute atomic E-state index is 0.241. The van der Waals surface area contributed by atoms with Gasteiger partial charge in [0.15, 0.2) is 0 Å². The Labute approximate surface area is 142 Å². The summed E-state index contributed by atoms with van der Waals surface area (Å²) in [4.78, 5) is 4.74. The Hall–Kier alpha value is -2.27. The number of halogens is 1. The topological polar surface area (TPSA) is 24.9 Å². The molecule has 2 aromatic carbocycles. The largest absolute Gasteiger partial charge is 0.495 e. The monoisotopic (exact) mass is 330 g/mol. The molecule has 1 saturated heterocycles. The zero-order chi connectivity index (χ0) is 16.8. The highest BCUT2D eigenvalue weighted by Crippen LogP contribution is 2.28. The normalized spacial score (nSPS) is 15.3. The molecule has 24 heavy (non-hydrogen) atoms. The average Bonchev–Trinajstić information content (AvgIpc) is 2.64. The maximum absolute atomic E-state index is 12.9. The quantitative estimate of drug-likeness (QED) is 0.813. The minimum Gasteiger partial charge on any atom is -0.495 e. The molecule has 0 unspecified atom stereocenters. The summed E-state index contributed by atoms with van der Waals surface area (Å²) < 4.78 is 24.0. The molecule has 1 aliphatic heterocycles. The van der Waals surface area contributed by atoms with Gasteiger partial charge in [0, 0.05) is 32.7 Å². The highest BCUT2D eigenvalue weighted by Gasteiger charge is 2.19. The Morgan fingerprint density at radius 2 is 1.67 bits per heavy atom. The van der Waals surface area contributed by atoms with E-state index in [0.29, 0.717) is 12.4 Å². The predicted molar refractivity (Wildman–Crippen MR) is 93.5 cm³/mol. The van der Waals surface area contributed by atoms with Gasteiger partial charge in [-0.2, -0.15) is 0 Å². The van der Waals surface area contributed by atoms with Gasteiger partial charge in [-0.15, -0.1) is 0 Å². The standard InChI is InChI=1S/C19H23FN2O2/c1-23-19-5-3-2-4-18(19)22-12-10-21(11-13-22)14-15-24-17-8-6-16(20)7-9-17/h2-9H,10-15H2,1H3. The second kappa shape index (κ2) is 8.02. The van der Waals surface area contributed by atoms with E-state index in [2.05, 4.69) is 15.9 Å². The van der Waals surface area contributed by atoms with Crippen LogP contribution in [0, 0.1) is 5.82 Å². The fraction of sp³-hybridized carbons (Fsp3) is 0.368. The zero-order valence-electron chi connectivity index (χ0n) is 14.0. The Balaban J connectivity index is 1.44. The summed E-state index contributed by atoms with van der Waals surface area (Å²) >= 11 is 0. The fourth-order valence-corrected chi connectivity index (χ4v) is 2.93. The van der Waals surface area contributed by atoms with Crippen LogP contribution in [0.15, 0.2) is 48.5 Å². The summed E-state index contributed by atoms with van der Waals surface area (Å²) in [5.74, 6) is 1.39. The summed E-state index contributed by atoms with van der Waals surface area (Å²) in [5, 5.41) is 0. The Morgan fingerprint density at radius 3 is 2.38 bits per heavy atom. The van der Waals surface area contributed by atoms with Crippen molar-refractivity contribution in [1.29, 1.82) is 0 Å². The molecule has 1 aliphatic rings. The van der Waals surface area contributed by atoms with E-state index < -0.39 is 0 Å². The molecule has 0 radical (unpaired) electrons. The van der Waals surface area contributed by atoms with E-state index in [1.165, 1.54) is 12.1 Å². The number of nitrogens with zero attached hydrogens (tertiary/aromatic N) is 2. The highest BCUT2D eigenvalue weighted by molar-refractivity contribution is 5.58. The molecule has 0 spiro atoms. The minimum atomic E-state index is -0.241. The molecular formula is C19H23FN2O2. The molecular weight excluding hydrogens is 307 g/mol. The first-order valence-corrected chi connectivity index (χ1v) is 8.25. The SMILES string of the molecule is COc1ccccc1N1CCN(CCOc2ccc(F)cc2)CC1. The molecule has 1 fully saturated rings. The highest BCUT2D eigenvalue weighted by atomic mass is 19.1.